The topological polar surface area (TPSA) is 75.7 Å². The fourth-order valence-corrected chi connectivity index (χ4v) is 5.51. The molecule has 1 aliphatic heterocycles. The summed E-state index contributed by atoms with van der Waals surface area (Å²) in [6.07, 6.45) is 2.42. The number of carbonyl (C=O) groups excluding carboxylic acids is 1. The van der Waals surface area contributed by atoms with Crippen LogP contribution in [-0.2, 0) is 10.0 Å². The standard InChI is InChI=1S/C22H36N2O4S/c1-6-14-29(26,27)24-13-7-12-22(16-24,17(2)3)15-23-21(25)19-8-10-20(11-9-19)28-18(4)5/h8-11,17-18H,6-7,12-16H2,1-5H3,(H,23,25). The second-order valence-electron chi connectivity index (χ2n) is 8.64. The van der Waals surface area contributed by atoms with Gasteiger partial charge in [0.1, 0.15) is 5.75 Å². The highest BCUT2D eigenvalue weighted by atomic mass is 32.2. The van der Waals surface area contributed by atoms with Crippen molar-refractivity contribution in [1.29, 1.82) is 0 Å². The zero-order chi connectivity index (χ0) is 21.7. The average Bonchev–Trinajstić information content (AvgIpc) is 2.66. The number of nitrogens with one attached hydrogen (secondary N) is 1. The number of hydrogen-bond acceptors (Lipinski definition) is 4. The van der Waals surface area contributed by atoms with Crippen molar-refractivity contribution in [2.45, 2.75) is 60.0 Å². The van der Waals surface area contributed by atoms with Gasteiger partial charge in [-0.05, 0) is 63.3 Å². The lowest BCUT2D eigenvalue weighted by molar-refractivity contribution is 0.0751. The highest BCUT2D eigenvalue weighted by Crippen LogP contribution is 2.38. The fourth-order valence-electron chi connectivity index (χ4n) is 3.88. The first-order chi connectivity index (χ1) is 13.6. The smallest absolute Gasteiger partial charge is 0.251 e. The van der Waals surface area contributed by atoms with Crippen LogP contribution in [0.1, 0.15) is 64.2 Å². The van der Waals surface area contributed by atoms with E-state index >= 15 is 0 Å². The largest absolute Gasteiger partial charge is 0.491 e. The molecule has 0 spiro atoms. The van der Waals surface area contributed by atoms with Gasteiger partial charge in [-0.2, -0.15) is 0 Å². The van der Waals surface area contributed by atoms with E-state index < -0.39 is 10.0 Å². The van der Waals surface area contributed by atoms with Gasteiger partial charge in [0.2, 0.25) is 10.0 Å². The Morgan fingerprint density at radius 2 is 1.86 bits per heavy atom. The molecule has 0 aliphatic carbocycles. The van der Waals surface area contributed by atoms with E-state index in [0.717, 1.165) is 18.6 Å². The van der Waals surface area contributed by atoms with E-state index in [-0.39, 0.29) is 29.1 Å². The third-order valence-electron chi connectivity index (χ3n) is 5.74. The third-order valence-corrected chi connectivity index (χ3v) is 7.77. The summed E-state index contributed by atoms with van der Waals surface area (Å²) in [6.45, 7) is 11.5. The van der Waals surface area contributed by atoms with Gasteiger partial charge in [0.05, 0.1) is 11.9 Å². The summed E-state index contributed by atoms with van der Waals surface area (Å²) in [7, 11) is -3.24. The number of nitrogens with zero attached hydrogens (tertiary/aromatic N) is 1. The molecule has 1 fully saturated rings. The van der Waals surface area contributed by atoms with Crippen LogP contribution in [0.2, 0.25) is 0 Å². The molecule has 1 saturated heterocycles. The Hall–Kier alpha value is -1.60. The lowest BCUT2D eigenvalue weighted by atomic mass is 9.71. The van der Waals surface area contributed by atoms with E-state index in [1.807, 2.05) is 20.8 Å². The SMILES string of the molecule is CCCS(=O)(=O)N1CCCC(CNC(=O)c2ccc(OC(C)C)cc2)(C(C)C)C1. The molecule has 0 bridgehead atoms. The van der Waals surface area contributed by atoms with Crippen molar-refractivity contribution in [3.8, 4) is 5.75 Å². The minimum atomic E-state index is -3.24. The molecule has 1 atom stereocenters. The summed E-state index contributed by atoms with van der Waals surface area (Å²) in [5.74, 6) is 1.02. The van der Waals surface area contributed by atoms with E-state index in [2.05, 4.69) is 19.2 Å². The van der Waals surface area contributed by atoms with Crippen molar-refractivity contribution in [2.75, 3.05) is 25.4 Å². The van der Waals surface area contributed by atoms with Crippen molar-refractivity contribution in [3.63, 3.8) is 0 Å². The second-order valence-corrected chi connectivity index (χ2v) is 10.7. The molecular formula is C22H36N2O4S. The number of rotatable bonds is 9. The van der Waals surface area contributed by atoms with Crippen LogP contribution >= 0.6 is 0 Å². The van der Waals surface area contributed by atoms with E-state index in [4.69, 9.17) is 4.74 Å². The lowest BCUT2D eigenvalue weighted by Crippen LogP contribution is -2.53. The van der Waals surface area contributed by atoms with E-state index in [9.17, 15) is 13.2 Å². The maximum atomic E-state index is 12.7. The van der Waals surface area contributed by atoms with Crippen LogP contribution in [0.15, 0.2) is 24.3 Å². The Kier molecular flexibility index (Phi) is 8.11. The maximum absolute atomic E-state index is 12.7. The monoisotopic (exact) mass is 424 g/mol. The van der Waals surface area contributed by atoms with Gasteiger partial charge in [-0.15, -0.1) is 0 Å². The van der Waals surface area contributed by atoms with Gasteiger partial charge < -0.3 is 10.1 Å². The molecule has 1 amide bonds. The summed E-state index contributed by atoms with van der Waals surface area (Å²) in [4.78, 5) is 12.7. The molecule has 164 valence electrons. The Morgan fingerprint density at radius 1 is 1.21 bits per heavy atom. The van der Waals surface area contributed by atoms with Gasteiger partial charge in [-0.3, -0.25) is 4.79 Å². The first-order valence-electron chi connectivity index (χ1n) is 10.6. The van der Waals surface area contributed by atoms with Gasteiger partial charge in [-0.1, -0.05) is 20.8 Å². The van der Waals surface area contributed by atoms with E-state index in [1.54, 1.807) is 28.6 Å². The van der Waals surface area contributed by atoms with Crippen molar-refractivity contribution in [1.82, 2.24) is 9.62 Å². The summed E-state index contributed by atoms with van der Waals surface area (Å²) < 4.78 is 32.4. The Morgan fingerprint density at radius 3 is 2.41 bits per heavy atom. The lowest BCUT2D eigenvalue weighted by Gasteiger charge is -2.45. The number of amides is 1. The number of hydrogen-bond donors (Lipinski definition) is 1. The molecular weight excluding hydrogens is 388 g/mol. The van der Waals surface area contributed by atoms with E-state index in [1.165, 1.54) is 0 Å². The van der Waals surface area contributed by atoms with Crippen LogP contribution in [-0.4, -0.2) is 50.1 Å². The van der Waals surface area contributed by atoms with Gasteiger partial charge in [-0.25, -0.2) is 12.7 Å². The van der Waals surface area contributed by atoms with Gasteiger partial charge in [0.25, 0.3) is 5.91 Å². The second kappa shape index (κ2) is 9.94. The molecule has 1 aliphatic rings. The van der Waals surface area contributed by atoms with Crippen molar-refractivity contribution in [2.24, 2.45) is 11.3 Å². The fraction of sp³-hybridized carbons (Fsp3) is 0.682. The number of sulfonamides is 1. The predicted molar refractivity (Wildman–Crippen MR) is 117 cm³/mol. The summed E-state index contributed by atoms with van der Waals surface area (Å²) in [5, 5.41) is 3.05. The molecule has 0 saturated carbocycles. The molecule has 1 N–H and O–H groups in total. The number of piperidine rings is 1. The van der Waals surface area contributed by atoms with Crippen LogP contribution in [0.3, 0.4) is 0 Å². The number of carbonyl (C=O) groups is 1. The normalized spacial score (nSPS) is 20.8. The van der Waals surface area contributed by atoms with Crippen LogP contribution in [0.4, 0.5) is 0 Å². The molecule has 7 heteroatoms. The zero-order valence-corrected chi connectivity index (χ0v) is 19.2. The molecule has 1 aromatic rings. The van der Waals surface area contributed by atoms with Crippen LogP contribution in [0.25, 0.3) is 0 Å². The summed E-state index contributed by atoms with van der Waals surface area (Å²) in [6, 6.07) is 7.11. The highest BCUT2D eigenvalue weighted by molar-refractivity contribution is 7.89. The zero-order valence-electron chi connectivity index (χ0n) is 18.4. The molecule has 1 unspecified atom stereocenters. The van der Waals surface area contributed by atoms with Crippen LogP contribution < -0.4 is 10.1 Å². The molecule has 0 radical (unpaired) electrons. The quantitative estimate of drug-likeness (QED) is 0.656. The molecule has 0 aromatic heterocycles. The molecule has 1 aromatic carbocycles. The summed E-state index contributed by atoms with van der Waals surface area (Å²) in [5.41, 5.74) is 0.321. The summed E-state index contributed by atoms with van der Waals surface area (Å²) >= 11 is 0. The van der Waals surface area contributed by atoms with Gasteiger partial charge in [0, 0.05) is 30.6 Å². The molecule has 1 heterocycles. The van der Waals surface area contributed by atoms with Crippen molar-refractivity contribution in [3.05, 3.63) is 29.8 Å². The minimum Gasteiger partial charge on any atom is -0.491 e. The first kappa shape index (κ1) is 23.7. The van der Waals surface area contributed by atoms with Crippen molar-refractivity contribution >= 4 is 15.9 Å². The molecule has 2 rings (SSSR count). The Balaban J connectivity index is 2.07. The Labute approximate surface area is 176 Å². The van der Waals surface area contributed by atoms with Gasteiger partial charge >= 0.3 is 0 Å². The average molecular weight is 425 g/mol. The Bertz CT molecular complexity index is 775. The first-order valence-corrected chi connectivity index (χ1v) is 12.2. The van der Waals surface area contributed by atoms with Crippen molar-refractivity contribution < 1.29 is 17.9 Å². The van der Waals surface area contributed by atoms with Gasteiger partial charge in [0.15, 0.2) is 0 Å². The van der Waals surface area contributed by atoms with Crippen LogP contribution in [0, 0.1) is 11.3 Å². The third kappa shape index (κ3) is 6.19. The van der Waals surface area contributed by atoms with Crippen LogP contribution in [0.5, 0.6) is 5.75 Å². The number of benzene rings is 1. The maximum Gasteiger partial charge on any atom is 0.251 e. The highest BCUT2D eigenvalue weighted by Gasteiger charge is 2.41. The number of ether oxygens (including phenoxy) is 1. The molecule has 6 nitrogen and oxygen atoms in total. The predicted octanol–water partition coefficient (Wildman–Crippen LogP) is 3.68. The minimum absolute atomic E-state index is 0.0822. The van der Waals surface area contributed by atoms with E-state index in [0.29, 0.717) is 31.6 Å². The molecule has 29 heavy (non-hydrogen) atoms.